The normalized spacial score (nSPS) is 18.1. The van der Waals surface area contributed by atoms with Crippen LogP contribution in [-0.2, 0) is 4.79 Å². The Balaban J connectivity index is 2.07. The van der Waals surface area contributed by atoms with Crippen molar-refractivity contribution in [3.8, 4) is 0 Å². The summed E-state index contributed by atoms with van der Waals surface area (Å²) in [6.07, 6.45) is 2.62. The minimum atomic E-state index is -0.211. The maximum atomic E-state index is 12.0. The number of nitrogens with one attached hydrogen (secondary N) is 1. The molecular weight excluding hydrogens is 238 g/mol. The van der Waals surface area contributed by atoms with E-state index in [1.54, 1.807) is 0 Å². The average molecular weight is 261 g/mol. The summed E-state index contributed by atoms with van der Waals surface area (Å²) < 4.78 is 0. The lowest BCUT2D eigenvalue weighted by molar-refractivity contribution is -0.123. The van der Waals surface area contributed by atoms with Gasteiger partial charge in [-0.1, -0.05) is 30.3 Å². The van der Waals surface area contributed by atoms with Gasteiger partial charge in [0, 0.05) is 12.6 Å². The van der Waals surface area contributed by atoms with Gasteiger partial charge in [-0.15, -0.1) is 0 Å². The van der Waals surface area contributed by atoms with Crippen LogP contribution in [0.25, 0.3) is 0 Å². The summed E-state index contributed by atoms with van der Waals surface area (Å²) in [6.45, 7) is 2.94. The third kappa shape index (κ3) is 3.55. The van der Waals surface area contributed by atoms with Crippen LogP contribution < -0.4 is 11.3 Å². The minimum absolute atomic E-state index is 0.124. The third-order valence-corrected chi connectivity index (χ3v) is 4.13. The van der Waals surface area contributed by atoms with Gasteiger partial charge in [0.1, 0.15) is 0 Å². The van der Waals surface area contributed by atoms with E-state index in [-0.39, 0.29) is 11.8 Å². The summed E-state index contributed by atoms with van der Waals surface area (Å²) >= 11 is 0. The number of nitrogens with zero attached hydrogens (tertiary/aromatic N) is 1. The quantitative estimate of drug-likeness (QED) is 0.463. The van der Waals surface area contributed by atoms with Crippen molar-refractivity contribution in [2.45, 2.75) is 31.7 Å². The van der Waals surface area contributed by atoms with Gasteiger partial charge in [-0.3, -0.25) is 10.2 Å². The Morgan fingerprint density at radius 3 is 2.58 bits per heavy atom. The molecule has 0 aromatic heterocycles. The first-order valence-corrected chi connectivity index (χ1v) is 6.89. The van der Waals surface area contributed by atoms with Crippen molar-refractivity contribution in [3.63, 3.8) is 0 Å². The van der Waals surface area contributed by atoms with Crippen molar-refractivity contribution in [2.24, 2.45) is 11.8 Å². The molecule has 2 unspecified atom stereocenters. The molecule has 0 radical (unpaired) electrons. The van der Waals surface area contributed by atoms with E-state index in [0.29, 0.717) is 12.6 Å². The zero-order chi connectivity index (χ0) is 13.8. The van der Waals surface area contributed by atoms with Gasteiger partial charge < -0.3 is 4.90 Å². The first-order valence-electron chi connectivity index (χ1n) is 6.89. The zero-order valence-corrected chi connectivity index (χ0v) is 11.7. The first kappa shape index (κ1) is 14.0. The summed E-state index contributed by atoms with van der Waals surface area (Å²) in [4.78, 5) is 14.3. The molecule has 1 fully saturated rings. The lowest BCUT2D eigenvalue weighted by atomic mass is 9.97. The fourth-order valence-corrected chi connectivity index (χ4v) is 2.52. The Bertz CT molecular complexity index is 417. The Labute approximate surface area is 114 Å². The van der Waals surface area contributed by atoms with Crippen LogP contribution in [0.2, 0.25) is 0 Å². The fraction of sp³-hybridized carbons (Fsp3) is 0.533. The summed E-state index contributed by atoms with van der Waals surface area (Å²) in [5, 5.41) is 0. The molecule has 1 saturated carbocycles. The summed E-state index contributed by atoms with van der Waals surface area (Å²) in [5.74, 6) is 5.78. The number of rotatable bonds is 6. The summed E-state index contributed by atoms with van der Waals surface area (Å²) in [5.41, 5.74) is 3.30. The second-order valence-electron chi connectivity index (χ2n) is 5.49. The van der Waals surface area contributed by atoms with Crippen LogP contribution in [0.5, 0.6) is 0 Å². The lowest BCUT2D eigenvalue weighted by Gasteiger charge is -2.28. The highest BCUT2D eigenvalue weighted by Gasteiger charge is 2.32. The number of carbonyl (C=O) groups excluding carboxylic acids is 1. The van der Waals surface area contributed by atoms with Crippen molar-refractivity contribution < 1.29 is 4.79 Å². The summed E-state index contributed by atoms with van der Waals surface area (Å²) in [7, 11) is 2.09. The van der Waals surface area contributed by atoms with Gasteiger partial charge in [0.2, 0.25) is 5.91 Å². The van der Waals surface area contributed by atoms with Crippen molar-refractivity contribution in [3.05, 3.63) is 35.9 Å². The maximum Gasteiger partial charge on any atom is 0.242 e. The van der Waals surface area contributed by atoms with Crippen LogP contribution in [0.15, 0.2) is 30.3 Å². The highest BCUT2D eigenvalue weighted by molar-refractivity contribution is 5.83. The second kappa shape index (κ2) is 6.17. The predicted molar refractivity (Wildman–Crippen MR) is 76.3 cm³/mol. The highest BCUT2D eigenvalue weighted by atomic mass is 16.2. The maximum absolute atomic E-state index is 12.0. The van der Waals surface area contributed by atoms with E-state index in [0.717, 1.165) is 11.5 Å². The van der Waals surface area contributed by atoms with E-state index < -0.39 is 0 Å². The molecule has 1 aliphatic rings. The Morgan fingerprint density at radius 1 is 1.42 bits per heavy atom. The van der Waals surface area contributed by atoms with E-state index >= 15 is 0 Å². The molecule has 3 N–H and O–H groups in total. The summed E-state index contributed by atoms with van der Waals surface area (Å²) in [6, 6.07) is 10.4. The van der Waals surface area contributed by atoms with Crippen molar-refractivity contribution in [1.82, 2.24) is 10.3 Å². The largest absolute Gasteiger partial charge is 0.302 e. The van der Waals surface area contributed by atoms with Crippen LogP contribution in [0, 0.1) is 5.92 Å². The van der Waals surface area contributed by atoms with Crippen molar-refractivity contribution in [1.29, 1.82) is 0 Å². The van der Waals surface area contributed by atoms with Crippen LogP contribution in [-0.4, -0.2) is 30.4 Å². The molecule has 2 rings (SSSR count). The molecule has 1 aromatic rings. The average Bonchev–Trinajstić information content (AvgIpc) is 3.28. The SMILES string of the molecule is CC(C1CC1)N(C)CC(C(=O)NN)c1ccccc1. The van der Waals surface area contributed by atoms with Gasteiger partial charge in [0.15, 0.2) is 0 Å². The Hall–Kier alpha value is -1.39. The number of hydrogen-bond acceptors (Lipinski definition) is 3. The Kier molecular flexibility index (Phi) is 4.56. The van der Waals surface area contributed by atoms with Gasteiger partial charge in [0.05, 0.1) is 5.92 Å². The topological polar surface area (TPSA) is 58.4 Å². The molecule has 19 heavy (non-hydrogen) atoms. The minimum Gasteiger partial charge on any atom is -0.302 e. The number of hydrogen-bond donors (Lipinski definition) is 2. The molecule has 0 aliphatic heterocycles. The molecule has 104 valence electrons. The number of hydrazine groups is 1. The molecule has 0 bridgehead atoms. The number of likely N-dealkylation sites (N-methyl/N-ethyl adjacent to an activating group) is 1. The number of nitrogens with two attached hydrogens (primary N) is 1. The molecule has 4 nitrogen and oxygen atoms in total. The molecule has 0 heterocycles. The Morgan fingerprint density at radius 2 is 2.05 bits per heavy atom. The van der Waals surface area contributed by atoms with Gasteiger partial charge in [0.25, 0.3) is 0 Å². The third-order valence-electron chi connectivity index (χ3n) is 4.13. The van der Waals surface area contributed by atoms with E-state index in [1.807, 2.05) is 30.3 Å². The fourth-order valence-electron chi connectivity index (χ4n) is 2.52. The molecule has 0 saturated heterocycles. The van der Waals surface area contributed by atoms with Crippen molar-refractivity contribution >= 4 is 5.91 Å². The standard InChI is InChI=1S/C15H23N3O/c1-11(12-8-9-12)18(2)10-14(15(19)17-16)13-6-4-3-5-7-13/h3-7,11-12,14H,8-10,16H2,1-2H3,(H,17,19). The predicted octanol–water partition coefficient (Wildman–Crippen LogP) is 1.49. The van der Waals surface area contributed by atoms with Gasteiger partial charge in [-0.2, -0.15) is 0 Å². The molecule has 0 spiro atoms. The molecule has 1 aliphatic carbocycles. The first-order chi connectivity index (χ1) is 9.13. The van der Waals surface area contributed by atoms with Crippen LogP contribution >= 0.6 is 0 Å². The van der Waals surface area contributed by atoms with Crippen LogP contribution in [0.3, 0.4) is 0 Å². The molecule has 2 atom stereocenters. The highest BCUT2D eigenvalue weighted by Crippen LogP contribution is 2.35. The smallest absolute Gasteiger partial charge is 0.242 e. The van der Waals surface area contributed by atoms with Crippen LogP contribution in [0.1, 0.15) is 31.2 Å². The van der Waals surface area contributed by atoms with E-state index in [9.17, 15) is 4.79 Å². The van der Waals surface area contributed by atoms with E-state index in [2.05, 4.69) is 24.3 Å². The molecule has 4 heteroatoms. The molecule has 1 amide bonds. The van der Waals surface area contributed by atoms with Gasteiger partial charge >= 0.3 is 0 Å². The van der Waals surface area contributed by atoms with E-state index in [4.69, 9.17) is 5.84 Å². The van der Waals surface area contributed by atoms with Gasteiger partial charge in [-0.05, 0) is 38.3 Å². The zero-order valence-electron chi connectivity index (χ0n) is 11.7. The lowest BCUT2D eigenvalue weighted by Crippen LogP contribution is -2.42. The number of amides is 1. The van der Waals surface area contributed by atoms with E-state index in [1.165, 1.54) is 12.8 Å². The number of carbonyl (C=O) groups is 1. The van der Waals surface area contributed by atoms with Crippen molar-refractivity contribution in [2.75, 3.05) is 13.6 Å². The molecular formula is C15H23N3O. The monoisotopic (exact) mass is 261 g/mol. The second-order valence-corrected chi connectivity index (χ2v) is 5.49. The van der Waals surface area contributed by atoms with Crippen LogP contribution in [0.4, 0.5) is 0 Å². The number of benzene rings is 1. The molecule has 1 aromatic carbocycles. The van der Waals surface area contributed by atoms with Gasteiger partial charge in [-0.25, -0.2) is 5.84 Å².